The lowest BCUT2D eigenvalue weighted by Gasteiger charge is -2.45. The Morgan fingerprint density at radius 3 is 1.73 bits per heavy atom. The molecule has 12 rings (SSSR count). The van der Waals surface area contributed by atoms with Crippen molar-refractivity contribution in [1.29, 1.82) is 0 Å². The SMILES string of the molecule is CC1(C)c2cc(-c3ccc(N(c4ccc(-c5ccccc5)cc4)c4cc5ccccc5c5ccccc45)cc3)ccc2N2c3c(cccc31)Oc1ccc3ccccc3c12. The van der Waals surface area contributed by atoms with Gasteiger partial charge in [-0.3, -0.25) is 0 Å². The highest BCUT2D eigenvalue weighted by atomic mass is 16.5. The van der Waals surface area contributed by atoms with Crippen molar-refractivity contribution in [2.75, 3.05) is 9.80 Å². The highest BCUT2D eigenvalue weighted by Gasteiger charge is 2.42. The lowest BCUT2D eigenvalue weighted by molar-refractivity contribution is 0.472. The number of fused-ring (bicyclic) bond motifs is 9. The Bertz CT molecular complexity index is 3310. The van der Waals surface area contributed by atoms with E-state index in [-0.39, 0.29) is 5.41 Å². The number of ether oxygens (including phenoxy) is 1. The lowest BCUT2D eigenvalue weighted by Crippen LogP contribution is -2.32. The summed E-state index contributed by atoms with van der Waals surface area (Å²) in [6.45, 7) is 4.69. The van der Waals surface area contributed by atoms with Crippen molar-refractivity contribution in [1.82, 2.24) is 0 Å². The fraction of sp³-hybridized carbons (Fsp3) is 0.0526. The van der Waals surface area contributed by atoms with Crippen LogP contribution >= 0.6 is 0 Å². The smallest absolute Gasteiger partial charge is 0.152 e. The van der Waals surface area contributed by atoms with E-state index < -0.39 is 0 Å². The molecule has 10 aromatic carbocycles. The first-order chi connectivity index (χ1) is 29.5. The van der Waals surface area contributed by atoms with Crippen LogP contribution in [-0.2, 0) is 5.41 Å². The van der Waals surface area contributed by atoms with E-state index in [1.54, 1.807) is 0 Å². The van der Waals surface area contributed by atoms with Crippen molar-refractivity contribution >= 4 is 66.4 Å². The molecule has 0 atom stereocenters. The number of hydrogen-bond acceptors (Lipinski definition) is 3. The van der Waals surface area contributed by atoms with Crippen LogP contribution in [0, 0.1) is 0 Å². The fourth-order valence-corrected chi connectivity index (χ4v) is 9.80. The second-order valence-electron chi connectivity index (χ2n) is 16.5. The first-order valence-corrected chi connectivity index (χ1v) is 20.8. The molecule has 3 nitrogen and oxygen atoms in total. The predicted octanol–water partition coefficient (Wildman–Crippen LogP) is 16.2. The summed E-state index contributed by atoms with van der Waals surface area (Å²) < 4.78 is 6.65. The van der Waals surface area contributed by atoms with Crippen molar-refractivity contribution in [2.24, 2.45) is 0 Å². The van der Waals surface area contributed by atoms with Crippen LogP contribution in [0.5, 0.6) is 11.5 Å². The molecule has 0 bridgehead atoms. The summed E-state index contributed by atoms with van der Waals surface area (Å²) in [4.78, 5) is 4.87. The summed E-state index contributed by atoms with van der Waals surface area (Å²) in [6.07, 6.45) is 0. The Balaban J connectivity index is 0.991. The van der Waals surface area contributed by atoms with Crippen LogP contribution in [0.2, 0.25) is 0 Å². The van der Waals surface area contributed by atoms with Crippen LogP contribution in [0.1, 0.15) is 25.0 Å². The monoisotopic (exact) mass is 768 g/mol. The van der Waals surface area contributed by atoms with Crippen LogP contribution in [0.4, 0.5) is 34.1 Å². The molecule has 60 heavy (non-hydrogen) atoms. The molecule has 0 fully saturated rings. The molecular weight excluding hydrogens is 729 g/mol. The zero-order valence-electron chi connectivity index (χ0n) is 33.4. The molecule has 0 unspecified atom stereocenters. The quantitative estimate of drug-likeness (QED) is 0.162. The van der Waals surface area contributed by atoms with E-state index in [4.69, 9.17) is 4.74 Å². The Morgan fingerprint density at radius 1 is 0.400 bits per heavy atom. The average Bonchev–Trinajstić information content (AvgIpc) is 3.31. The van der Waals surface area contributed by atoms with Gasteiger partial charge in [0.05, 0.1) is 22.7 Å². The van der Waals surface area contributed by atoms with E-state index in [0.717, 1.165) is 39.9 Å². The summed E-state index contributed by atoms with van der Waals surface area (Å²) in [6, 6.07) is 75.0. The van der Waals surface area contributed by atoms with Gasteiger partial charge < -0.3 is 14.5 Å². The highest BCUT2D eigenvalue weighted by molar-refractivity contribution is 6.14. The molecular formula is C57H40N2O. The Kier molecular flexibility index (Phi) is 7.58. The number of rotatable bonds is 5. The number of benzene rings is 10. The fourth-order valence-electron chi connectivity index (χ4n) is 9.80. The minimum atomic E-state index is -0.265. The van der Waals surface area contributed by atoms with Gasteiger partial charge >= 0.3 is 0 Å². The molecule has 0 aliphatic carbocycles. The molecule has 10 aromatic rings. The molecule has 0 amide bonds. The topological polar surface area (TPSA) is 15.7 Å². The van der Waals surface area contributed by atoms with Crippen LogP contribution in [0.15, 0.2) is 206 Å². The zero-order valence-corrected chi connectivity index (χ0v) is 33.4. The number of para-hydroxylation sites is 1. The summed E-state index contributed by atoms with van der Waals surface area (Å²) in [7, 11) is 0. The third kappa shape index (κ3) is 5.22. The van der Waals surface area contributed by atoms with Crippen LogP contribution in [0.25, 0.3) is 54.6 Å². The van der Waals surface area contributed by atoms with Crippen LogP contribution < -0.4 is 14.5 Å². The summed E-state index contributed by atoms with van der Waals surface area (Å²) in [5.41, 5.74) is 13.8. The number of hydrogen-bond donors (Lipinski definition) is 0. The molecule has 0 N–H and O–H groups in total. The van der Waals surface area contributed by atoms with E-state index in [1.807, 2.05) is 0 Å². The van der Waals surface area contributed by atoms with Crippen molar-refractivity contribution in [2.45, 2.75) is 19.3 Å². The van der Waals surface area contributed by atoms with E-state index in [9.17, 15) is 0 Å². The second kappa shape index (κ2) is 13.2. The lowest BCUT2D eigenvalue weighted by atomic mass is 9.72. The second-order valence-corrected chi connectivity index (χ2v) is 16.5. The molecule has 0 saturated carbocycles. The maximum Gasteiger partial charge on any atom is 0.152 e. The van der Waals surface area contributed by atoms with Gasteiger partial charge in [-0.05, 0) is 110 Å². The number of anilines is 6. The van der Waals surface area contributed by atoms with Gasteiger partial charge in [-0.1, -0.05) is 166 Å². The summed E-state index contributed by atoms with van der Waals surface area (Å²) in [5, 5.41) is 7.31. The maximum atomic E-state index is 6.65. The van der Waals surface area contributed by atoms with Crippen LogP contribution in [-0.4, -0.2) is 0 Å². The van der Waals surface area contributed by atoms with Gasteiger partial charge in [0.15, 0.2) is 11.5 Å². The molecule has 284 valence electrons. The first kappa shape index (κ1) is 34.4. The largest absolute Gasteiger partial charge is 0.453 e. The molecule has 2 aliphatic rings. The standard InChI is InChI=1S/C57H40N2O/c1-57(2)49-21-12-22-53-56(49)59(55-46-18-9-6-15-40(46)28-34-54(55)60-53)51-33-27-41(35-50(51)57)39-25-31-44(32-26-39)58(43-29-23-38(24-30-43)37-13-4-3-5-14-37)52-36-42-16-7-8-17-45(42)47-19-10-11-20-48(47)52/h3-36H,1-2H3. The Hall–Kier alpha value is -7.62. The Labute approximate surface area is 350 Å². The van der Waals surface area contributed by atoms with Crippen molar-refractivity contribution in [3.63, 3.8) is 0 Å². The van der Waals surface area contributed by atoms with Gasteiger partial charge in [0, 0.05) is 27.6 Å². The van der Waals surface area contributed by atoms with Crippen molar-refractivity contribution < 1.29 is 4.74 Å². The third-order valence-electron chi connectivity index (χ3n) is 12.8. The third-order valence-corrected chi connectivity index (χ3v) is 12.8. The minimum absolute atomic E-state index is 0.265. The first-order valence-electron chi connectivity index (χ1n) is 20.8. The number of nitrogens with zero attached hydrogens (tertiary/aromatic N) is 2. The molecule has 0 aromatic heterocycles. The van der Waals surface area contributed by atoms with E-state index >= 15 is 0 Å². The van der Waals surface area contributed by atoms with Gasteiger partial charge in [-0.15, -0.1) is 0 Å². The predicted molar refractivity (Wildman–Crippen MR) is 251 cm³/mol. The summed E-state index contributed by atoms with van der Waals surface area (Å²) in [5.74, 6) is 1.77. The maximum absolute atomic E-state index is 6.65. The minimum Gasteiger partial charge on any atom is -0.453 e. The molecule has 3 heteroatoms. The van der Waals surface area contributed by atoms with Gasteiger partial charge in [0.2, 0.25) is 0 Å². The van der Waals surface area contributed by atoms with Crippen molar-refractivity contribution in [3.8, 4) is 33.8 Å². The van der Waals surface area contributed by atoms with E-state index in [0.29, 0.717) is 0 Å². The molecule has 2 aliphatic heterocycles. The molecule has 0 spiro atoms. The van der Waals surface area contributed by atoms with Gasteiger partial charge in [-0.2, -0.15) is 0 Å². The zero-order chi connectivity index (χ0) is 40.0. The van der Waals surface area contributed by atoms with Crippen LogP contribution in [0.3, 0.4) is 0 Å². The highest BCUT2D eigenvalue weighted by Crippen LogP contribution is 2.61. The summed E-state index contributed by atoms with van der Waals surface area (Å²) >= 11 is 0. The normalized spacial score (nSPS) is 13.4. The van der Waals surface area contributed by atoms with Gasteiger partial charge in [-0.25, -0.2) is 0 Å². The van der Waals surface area contributed by atoms with Crippen molar-refractivity contribution in [3.05, 3.63) is 217 Å². The molecule has 2 heterocycles. The average molecular weight is 769 g/mol. The Morgan fingerprint density at radius 2 is 0.983 bits per heavy atom. The van der Waals surface area contributed by atoms with Gasteiger partial charge in [0.25, 0.3) is 0 Å². The van der Waals surface area contributed by atoms with E-state index in [1.165, 1.54) is 71.4 Å². The molecule has 0 radical (unpaired) electrons. The van der Waals surface area contributed by atoms with Gasteiger partial charge in [0.1, 0.15) is 0 Å². The molecule has 0 saturated heterocycles. The van der Waals surface area contributed by atoms with E-state index in [2.05, 4.69) is 230 Å².